The first-order chi connectivity index (χ1) is 13.0. The third-order valence-corrected chi connectivity index (χ3v) is 3.78. The molecule has 0 radical (unpaired) electrons. The second kappa shape index (κ2) is 10.1. The van der Waals surface area contributed by atoms with Crippen LogP contribution in [0.2, 0.25) is 0 Å². The summed E-state index contributed by atoms with van der Waals surface area (Å²) >= 11 is 0. The van der Waals surface area contributed by atoms with E-state index in [4.69, 9.17) is 18.9 Å². The van der Waals surface area contributed by atoms with Crippen LogP contribution in [0.15, 0.2) is 48.5 Å². The van der Waals surface area contributed by atoms with E-state index >= 15 is 0 Å². The van der Waals surface area contributed by atoms with Gasteiger partial charge < -0.3 is 23.8 Å². The van der Waals surface area contributed by atoms with Crippen LogP contribution in [0.25, 0.3) is 0 Å². The molecule has 1 amide bonds. The lowest BCUT2D eigenvalue weighted by molar-refractivity contribution is -0.153. The summed E-state index contributed by atoms with van der Waals surface area (Å²) in [4.78, 5) is 25.4. The van der Waals surface area contributed by atoms with E-state index in [9.17, 15) is 9.59 Å². The van der Waals surface area contributed by atoms with Gasteiger partial charge in [-0.3, -0.25) is 4.79 Å². The lowest BCUT2D eigenvalue weighted by atomic mass is 10.2. The molecule has 7 heteroatoms. The Hall–Kier alpha value is -3.22. The molecule has 2 rings (SSSR count). The third-order valence-electron chi connectivity index (χ3n) is 3.78. The van der Waals surface area contributed by atoms with Crippen molar-refractivity contribution in [3.63, 3.8) is 0 Å². The largest absolute Gasteiger partial charge is 0.497 e. The van der Waals surface area contributed by atoms with E-state index in [2.05, 4.69) is 0 Å². The quantitative estimate of drug-likeness (QED) is 0.628. The number of hydrogen-bond acceptors (Lipinski definition) is 6. The Kier molecular flexibility index (Phi) is 7.49. The van der Waals surface area contributed by atoms with Crippen LogP contribution in [0.3, 0.4) is 0 Å². The van der Waals surface area contributed by atoms with E-state index in [-0.39, 0.29) is 19.1 Å². The molecule has 2 aromatic carbocycles. The van der Waals surface area contributed by atoms with Crippen LogP contribution in [-0.2, 0) is 20.9 Å². The van der Waals surface area contributed by atoms with E-state index in [1.54, 1.807) is 38.4 Å². The number of likely N-dealkylation sites (N-methyl/N-ethyl adjacent to an activating group) is 1. The highest BCUT2D eigenvalue weighted by molar-refractivity contribution is 5.80. The van der Waals surface area contributed by atoms with Gasteiger partial charge >= 0.3 is 5.97 Å². The minimum Gasteiger partial charge on any atom is -0.497 e. The first-order valence-electron chi connectivity index (χ1n) is 8.32. The number of methoxy groups -OCH3 is 2. The lowest BCUT2D eigenvalue weighted by Crippen LogP contribution is -2.31. The molecule has 27 heavy (non-hydrogen) atoms. The number of nitrogens with zero attached hydrogens (tertiary/aromatic N) is 1. The van der Waals surface area contributed by atoms with Gasteiger partial charge in [0, 0.05) is 13.6 Å². The number of benzene rings is 2. The fraction of sp³-hybridized carbons (Fsp3) is 0.300. The summed E-state index contributed by atoms with van der Waals surface area (Å²) in [6, 6.07) is 14.3. The Balaban J connectivity index is 1.75. The van der Waals surface area contributed by atoms with E-state index < -0.39 is 5.97 Å². The predicted molar refractivity (Wildman–Crippen MR) is 98.9 cm³/mol. The summed E-state index contributed by atoms with van der Waals surface area (Å²) in [5.41, 5.74) is 0.942. The van der Waals surface area contributed by atoms with Crippen molar-refractivity contribution in [3.05, 3.63) is 54.1 Å². The van der Waals surface area contributed by atoms with Crippen molar-refractivity contribution in [1.82, 2.24) is 4.90 Å². The van der Waals surface area contributed by atoms with E-state index in [0.717, 1.165) is 11.3 Å². The van der Waals surface area contributed by atoms with Crippen LogP contribution in [0, 0.1) is 0 Å². The number of hydrogen-bond donors (Lipinski definition) is 0. The monoisotopic (exact) mass is 373 g/mol. The fourth-order valence-corrected chi connectivity index (χ4v) is 2.26. The molecule has 0 atom stereocenters. The Morgan fingerprint density at radius 3 is 2.19 bits per heavy atom. The van der Waals surface area contributed by atoms with Gasteiger partial charge in [0.25, 0.3) is 5.91 Å². The van der Waals surface area contributed by atoms with Gasteiger partial charge in [0.05, 0.1) is 14.2 Å². The minimum absolute atomic E-state index is 0.309. The topological polar surface area (TPSA) is 74.3 Å². The molecule has 0 aromatic heterocycles. The van der Waals surface area contributed by atoms with E-state index in [1.807, 2.05) is 24.3 Å². The maximum Gasteiger partial charge on any atom is 0.344 e. The van der Waals surface area contributed by atoms with Crippen LogP contribution in [0.4, 0.5) is 0 Å². The average Bonchev–Trinajstić information content (AvgIpc) is 2.71. The highest BCUT2D eigenvalue weighted by Gasteiger charge is 2.14. The number of carbonyl (C=O) groups excluding carboxylic acids is 2. The maximum absolute atomic E-state index is 12.1. The van der Waals surface area contributed by atoms with Crippen molar-refractivity contribution in [2.24, 2.45) is 0 Å². The highest BCUT2D eigenvalue weighted by Crippen LogP contribution is 2.25. The van der Waals surface area contributed by atoms with Crippen LogP contribution in [0.1, 0.15) is 5.56 Å². The van der Waals surface area contributed by atoms with Gasteiger partial charge in [-0.2, -0.15) is 0 Å². The molecule has 0 unspecified atom stereocenters. The van der Waals surface area contributed by atoms with Crippen molar-refractivity contribution in [2.45, 2.75) is 6.54 Å². The zero-order chi connectivity index (χ0) is 19.6. The number of rotatable bonds is 9. The SMILES string of the molecule is COc1ccc(CN(C)C(=O)COC(=O)COc2ccccc2OC)cc1. The first-order valence-corrected chi connectivity index (χ1v) is 8.32. The summed E-state index contributed by atoms with van der Waals surface area (Å²) in [5, 5.41) is 0. The lowest BCUT2D eigenvalue weighted by Gasteiger charge is -2.17. The molecule has 0 fully saturated rings. The number of carbonyl (C=O) groups is 2. The van der Waals surface area contributed by atoms with Gasteiger partial charge in [-0.05, 0) is 29.8 Å². The number of esters is 1. The van der Waals surface area contributed by atoms with Crippen molar-refractivity contribution < 1.29 is 28.5 Å². The molecule has 0 saturated carbocycles. The van der Waals surface area contributed by atoms with Gasteiger partial charge in [-0.15, -0.1) is 0 Å². The van der Waals surface area contributed by atoms with Crippen LogP contribution >= 0.6 is 0 Å². The Labute approximate surface area is 158 Å². The van der Waals surface area contributed by atoms with Gasteiger partial charge in [-0.25, -0.2) is 4.79 Å². The summed E-state index contributed by atoms with van der Waals surface area (Å²) in [6.45, 7) is -0.255. The third kappa shape index (κ3) is 6.22. The van der Waals surface area contributed by atoms with Crippen molar-refractivity contribution in [2.75, 3.05) is 34.5 Å². The Bertz CT molecular complexity index is 759. The average molecular weight is 373 g/mol. The summed E-state index contributed by atoms with van der Waals surface area (Å²) in [7, 11) is 4.75. The standard InChI is InChI=1S/C20H23NO6/c1-21(12-15-8-10-16(24-2)11-9-15)19(22)13-27-20(23)14-26-18-7-5-4-6-17(18)25-3/h4-11H,12-14H2,1-3H3. The van der Waals surface area contributed by atoms with E-state index in [1.165, 1.54) is 12.0 Å². The molecule has 0 heterocycles. The number of ether oxygens (including phenoxy) is 4. The minimum atomic E-state index is -0.632. The molecule has 0 N–H and O–H groups in total. The van der Waals surface area contributed by atoms with Crippen molar-refractivity contribution in [3.8, 4) is 17.2 Å². The van der Waals surface area contributed by atoms with Crippen LogP contribution in [-0.4, -0.2) is 51.3 Å². The first kappa shape index (κ1) is 20.1. The molecule has 0 aliphatic rings. The smallest absolute Gasteiger partial charge is 0.344 e. The highest BCUT2D eigenvalue weighted by atomic mass is 16.6. The summed E-state index contributed by atoms with van der Waals surface area (Å²) in [6.07, 6.45) is 0. The normalized spacial score (nSPS) is 10.0. The molecular formula is C20H23NO6. The number of para-hydroxylation sites is 2. The summed E-state index contributed by atoms with van der Waals surface area (Å²) < 4.78 is 20.6. The molecule has 0 bridgehead atoms. The van der Waals surface area contributed by atoms with Crippen LogP contribution in [0.5, 0.6) is 17.2 Å². The molecule has 0 spiro atoms. The second-order valence-electron chi connectivity index (χ2n) is 5.70. The van der Waals surface area contributed by atoms with E-state index in [0.29, 0.717) is 18.0 Å². The van der Waals surface area contributed by atoms with Gasteiger partial charge in [0.15, 0.2) is 24.7 Å². The van der Waals surface area contributed by atoms with Crippen molar-refractivity contribution in [1.29, 1.82) is 0 Å². The van der Waals surface area contributed by atoms with Crippen molar-refractivity contribution >= 4 is 11.9 Å². The molecule has 2 aromatic rings. The molecule has 0 aliphatic carbocycles. The predicted octanol–water partition coefficient (Wildman–Crippen LogP) is 2.28. The van der Waals surface area contributed by atoms with Gasteiger partial charge in [0.1, 0.15) is 5.75 Å². The van der Waals surface area contributed by atoms with Gasteiger partial charge in [-0.1, -0.05) is 24.3 Å². The summed E-state index contributed by atoms with van der Waals surface area (Å²) in [5.74, 6) is 0.751. The maximum atomic E-state index is 12.1. The zero-order valence-corrected chi connectivity index (χ0v) is 15.6. The molecule has 7 nitrogen and oxygen atoms in total. The Morgan fingerprint density at radius 2 is 1.56 bits per heavy atom. The Morgan fingerprint density at radius 1 is 0.889 bits per heavy atom. The molecule has 0 aliphatic heterocycles. The molecule has 144 valence electrons. The fourth-order valence-electron chi connectivity index (χ4n) is 2.26. The zero-order valence-electron chi connectivity index (χ0n) is 15.6. The van der Waals surface area contributed by atoms with Gasteiger partial charge in [0.2, 0.25) is 0 Å². The van der Waals surface area contributed by atoms with Crippen LogP contribution < -0.4 is 14.2 Å². The molecule has 0 saturated heterocycles. The number of amides is 1. The molecular weight excluding hydrogens is 350 g/mol. The second-order valence-corrected chi connectivity index (χ2v) is 5.70.